The highest BCUT2D eigenvalue weighted by molar-refractivity contribution is 6.33. The van der Waals surface area contributed by atoms with Crippen molar-refractivity contribution in [1.29, 1.82) is 0 Å². The fraction of sp³-hybridized carbons (Fsp3) is 0.227. The smallest absolute Gasteiger partial charge is 0.287 e. The summed E-state index contributed by atoms with van der Waals surface area (Å²) in [6.45, 7) is 2.61. The summed E-state index contributed by atoms with van der Waals surface area (Å²) in [5.74, 6) is 0.635. The highest BCUT2D eigenvalue weighted by atomic mass is 35.5. The highest BCUT2D eigenvalue weighted by Crippen LogP contribution is 2.29. The molecular formula is C22H21ClN2O2. The van der Waals surface area contributed by atoms with Gasteiger partial charge in [0.15, 0.2) is 5.76 Å². The first-order valence-corrected chi connectivity index (χ1v) is 9.56. The van der Waals surface area contributed by atoms with Gasteiger partial charge in [0.25, 0.3) is 5.91 Å². The number of benzene rings is 2. The van der Waals surface area contributed by atoms with Crippen molar-refractivity contribution in [3.05, 3.63) is 77.0 Å². The third kappa shape index (κ3) is 3.86. The standard InChI is InChI=1S/C22H21ClN2O2/c23-18-9-3-2-8-17(18)20-11-12-21(27-20)22(26)24-15-16-7-1-4-10-19(16)25-13-5-6-14-25/h1-4,7-12H,5-6,13-15H2,(H,24,26). The second-order valence-electron chi connectivity index (χ2n) is 6.65. The van der Waals surface area contributed by atoms with Crippen molar-refractivity contribution in [3.63, 3.8) is 0 Å². The lowest BCUT2D eigenvalue weighted by molar-refractivity contribution is 0.0924. The van der Waals surface area contributed by atoms with Crippen LogP contribution in [0.25, 0.3) is 11.3 Å². The Morgan fingerprint density at radius 1 is 1.00 bits per heavy atom. The molecule has 1 aromatic heterocycles. The zero-order chi connectivity index (χ0) is 18.6. The van der Waals surface area contributed by atoms with E-state index in [9.17, 15) is 4.79 Å². The van der Waals surface area contributed by atoms with Crippen molar-refractivity contribution in [3.8, 4) is 11.3 Å². The Kier molecular flexibility index (Phi) is 5.16. The molecule has 1 fully saturated rings. The number of furan rings is 1. The predicted molar refractivity (Wildman–Crippen MR) is 108 cm³/mol. The van der Waals surface area contributed by atoms with Crippen molar-refractivity contribution in [2.24, 2.45) is 0 Å². The number of nitrogens with zero attached hydrogens (tertiary/aromatic N) is 1. The molecule has 1 aliphatic rings. The second kappa shape index (κ2) is 7.89. The third-order valence-corrected chi connectivity index (χ3v) is 5.18. The van der Waals surface area contributed by atoms with Crippen LogP contribution >= 0.6 is 11.6 Å². The quantitative estimate of drug-likeness (QED) is 0.667. The van der Waals surface area contributed by atoms with Crippen LogP contribution in [0.4, 0.5) is 5.69 Å². The molecule has 1 amide bonds. The molecule has 1 N–H and O–H groups in total. The van der Waals surface area contributed by atoms with Gasteiger partial charge in [-0.3, -0.25) is 4.79 Å². The Labute approximate surface area is 163 Å². The summed E-state index contributed by atoms with van der Waals surface area (Å²) >= 11 is 6.20. The van der Waals surface area contributed by atoms with Crippen LogP contribution < -0.4 is 10.2 Å². The van der Waals surface area contributed by atoms with Gasteiger partial charge in [-0.25, -0.2) is 0 Å². The van der Waals surface area contributed by atoms with Crippen LogP contribution in [0.1, 0.15) is 29.0 Å². The van der Waals surface area contributed by atoms with E-state index in [1.165, 1.54) is 18.5 Å². The Bertz CT molecular complexity index is 945. The Morgan fingerprint density at radius 2 is 1.74 bits per heavy atom. The molecule has 0 unspecified atom stereocenters. The van der Waals surface area contributed by atoms with E-state index in [2.05, 4.69) is 22.3 Å². The number of hydrogen-bond donors (Lipinski definition) is 1. The van der Waals surface area contributed by atoms with Gasteiger partial charge in [0, 0.05) is 30.9 Å². The van der Waals surface area contributed by atoms with Crippen molar-refractivity contribution >= 4 is 23.2 Å². The van der Waals surface area contributed by atoms with Gasteiger partial charge in [-0.05, 0) is 48.7 Å². The molecule has 5 heteroatoms. The highest BCUT2D eigenvalue weighted by Gasteiger charge is 2.17. The number of rotatable bonds is 5. The number of carbonyl (C=O) groups excluding carboxylic acids is 1. The molecule has 0 atom stereocenters. The van der Waals surface area contributed by atoms with Gasteiger partial charge >= 0.3 is 0 Å². The van der Waals surface area contributed by atoms with Crippen molar-refractivity contribution in [1.82, 2.24) is 5.32 Å². The SMILES string of the molecule is O=C(NCc1ccccc1N1CCCC1)c1ccc(-c2ccccc2Cl)o1. The maximum Gasteiger partial charge on any atom is 0.287 e. The van der Waals surface area contributed by atoms with Gasteiger partial charge < -0.3 is 14.6 Å². The molecule has 0 radical (unpaired) electrons. The van der Waals surface area contributed by atoms with E-state index in [1.807, 2.05) is 30.3 Å². The summed E-state index contributed by atoms with van der Waals surface area (Å²) < 4.78 is 5.72. The average Bonchev–Trinajstić information content (AvgIpc) is 3.39. The van der Waals surface area contributed by atoms with Gasteiger partial charge in [-0.1, -0.05) is 41.9 Å². The van der Waals surface area contributed by atoms with Crippen LogP contribution in [0, 0.1) is 0 Å². The zero-order valence-electron chi connectivity index (χ0n) is 15.0. The van der Waals surface area contributed by atoms with Gasteiger partial charge in [0.2, 0.25) is 0 Å². The van der Waals surface area contributed by atoms with Gasteiger partial charge in [-0.2, -0.15) is 0 Å². The average molecular weight is 381 g/mol. The third-order valence-electron chi connectivity index (χ3n) is 4.85. The summed E-state index contributed by atoms with van der Waals surface area (Å²) in [6, 6.07) is 19.1. The van der Waals surface area contributed by atoms with E-state index in [4.69, 9.17) is 16.0 Å². The summed E-state index contributed by atoms with van der Waals surface area (Å²) in [7, 11) is 0. The summed E-state index contributed by atoms with van der Waals surface area (Å²) in [6.07, 6.45) is 2.44. The first-order valence-electron chi connectivity index (χ1n) is 9.18. The van der Waals surface area contributed by atoms with E-state index in [1.54, 1.807) is 18.2 Å². The molecule has 0 spiro atoms. The Morgan fingerprint density at radius 3 is 2.56 bits per heavy atom. The number of para-hydroxylation sites is 1. The molecular weight excluding hydrogens is 360 g/mol. The topological polar surface area (TPSA) is 45.5 Å². The Balaban J connectivity index is 1.46. The fourth-order valence-electron chi connectivity index (χ4n) is 3.46. The van der Waals surface area contributed by atoms with Gasteiger partial charge in [0.1, 0.15) is 5.76 Å². The molecule has 0 bridgehead atoms. The van der Waals surface area contributed by atoms with E-state index in [0.717, 1.165) is 24.2 Å². The van der Waals surface area contributed by atoms with E-state index < -0.39 is 0 Å². The van der Waals surface area contributed by atoms with Crippen molar-refractivity contribution < 1.29 is 9.21 Å². The fourth-order valence-corrected chi connectivity index (χ4v) is 3.68. The monoisotopic (exact) mass is 380 g/mol. The molecule has 0 saturated carbocycles. The maximum atomic E-state index is 12.5. The lowest BCUT2D eigenvalue weighted by atomic mass is 10.1. The van der Waals surface area contributed by atoms with Gasteiger partial charge in [0.05, 0.1) is 5.02 Å². The Hall–Kier alpha value is -2.72. The van der Waals surface area contributed by atoms with E-state index >= 15 is 0 Å². The van der Waals surface area contributed by atoms with Crippen LogP contribution in [-0.4, -0.2) is 19.0 Å². The maximum absolute atomic E-state index is 12.5. The summed E-state index contributed by atoms with van der Waals surface area (Å²) in [5, 5.41) is 3.56. The minimum atomic E-state index is -0.232. The molecule has 4 nitrogen and oxygen atoms in total. The second-order valence-corrected chi connectivity index (χ2v) is 7.06. The lowest BCUT2D eigenvalue weighted by Gasteiger charge is -2.21. The van der Waals surface area contributed by atoms with E-state index in [-0.39, 0.29) is 11.7 Å². The summed E-state index contributed by atoms with van der Waals surface area (Å²) in [4.78, 5) is 14.9. The van der Waals surface area contributed by atoms with Crippen LogP contribution in [-0.2, 0) is 6.54 Å². The van der Waals surface area contributed by atoms with E-state index in [0.29, 0.717) is 17.3 Å². The predicted octanol–water partition coefficient (Wildman–Crippen LogP) is 5.13. The number of amides is 1. The van der Waals surface area contributed by atoms with Gasteiger partial charge in [-0.15, -0.1) is 0 Å². The van der Waals surface area contributed by atoms with Crippen molar-refractivity contribution in [2.75, 3.05) is 18.0 Å². The van der Waals surface area contributed by atoms with Crippen LogP contribution in [0.5, 0.6) is 0 Å². The van der Waals surface area contributed by atoms with Crippen LogP contribution in [0.2, 0.25) is 5.02 Å². The number of halogens is 1. The van der Waals surface area contributed by atoms with Crippen LogP contribution in [0.3, 0.4) is 0 Å². The molecule has 2 aromatic carbocycles. The number of anilines is 1. The minimum Gasteiger partial charge on any atom is -0.451 e. The molecule has 27 heavy (non-hydrogen) atoms. The molecule has 0 aliphatic carbocycles. The molecule has 3 aromatic rings. The van der Waals surface area contributed by atoms with Crippen molar-refractivity contribution in [2.45, 2.75) is 19.4 Å². The number of hydrogen-bond acceptors (Lipinski definition) is 3. The first kappa shape index (κ1) is 17.7. The normalized spacial score (nSPS) is 13.7. The summed E-state index contributed by atoms with van der Waals surface area (Å²) in [5.41, 5.74) is 3.09. The van der Waals surface area contributed by atoms with Crippen LogP contribution in [0.15, 0.2) is 65.1 Å². The number of nitrogens with one attached hydrogen (secondary N) is 1. The molecule has 1 aliphatic heterocycles. The minimum absolute atomic E-state index is 0.232. The molecule has 4 rings (SSSR count). The molecule has 1 saturated heterocycles. The number of carbonyl (C=O) groups is 1. The largest absolute Gasteiger partial charge is 0.451 e. The molecule has 138 valence electrons. The first-order chi connectivity index (χ1) is 13.2. The zero-order valence-corrected chi connectivity index (χ0v) is 15.7. The lowest BCUT2D eigenvalue weighted by Crippen LogP contribution is -2.25. The molecule has 2 heterocycles.